The van der Waals surface area contributed by atoms with E-state index in [1.165, 1.54) is 55.6 Å². The van der Waals surface area contributed by atoms with Crippen molar-refractivity contribution in [2.45, 2.75) is 84.0 Å². The molecule has 2 atom stereocenters. The van der Waals surface area contributed by atoms with Gasteiger partial charge in [0.05, 0.1) is 33.4 Å². The lowest BCUT2D eigenvalue weighted by atomic mass is 9.68. The molecule has 0 spiro atoms. The summed E-state index contributed by atoms with van der Waals surface area (Å²) in [7, 11) is 1.41. The normalized spacial score (nSPS) is 13.1. The van der Waals surface area contributed by atoms with Gasteiger partial charge in [-0.1, -0.05) is 65.7 Å². The van der Waals surface area contributed by atoms with Crippen LogP contribution in [0.1, 0.15) is 152 Å². The number of carboxylic acid groups (broad SMARTS) is 3. The van der Waals surface area contributed by atoms with E-state index in [9.17, 15) is 44.1 Å². The van der Waals surface area contributed by atoms with Gasteiger partial charge in [0.15, 0.2) is 0 Å². The van der Waals surface area contributed by atoms with Crippen molar-refractivity contribution in [1.29, 1.82) is 0 Å². The van der Waals surface area contributed by atoms with Gasteiger partial charge in [-0.25, -0.2) is 14.4 Å². The minimum absolute atomic E-state index is 0.0199. The van der Waals surface area contributed by atoms with Crippen LogP contribution in [0.5, 0.6) is 0 Å². The molecule has 0 aromatic heterocycles. The minimum Gasteiger partial charge on any atom is -0.478 e. The van der Waals surface area contributed by atoms with E-state index >= 15 is 0 Å². The molecule has 4 aromatic rings. The van der Waals surface area contributed by atoms with E-state index in [0.717, 1.165) is 24.8 Å². The molecule has 0 fully saturated rings. The summed E-state index contributed by atoms with van der Waals surface area (Å²) in [6, 6.07) is 20.1. The average Bonchev–Trinajstić information content (AvgIpc) is 3.19. The Kier molecular flexibility index (Phi) is 13.6. The smallest absolute Gasteiger partial charge is 0.336 e. The van der Waals surface area contributed by atoms with Crippen LogP contribution in [-0.2, 0) is 10.8 Å². The molecular formula is C44H49N3O9. The van der Waals surface area contributed by atoms with Crippen molar-refractivity contribution in [3.63, 3.8) is 0 Å². The fourth-order valence-electron chi connectivity index (χ4n) is 7.44. The van der Waals surface area contributed by atoms with Crippen molar-refractivity contribution in [2.75, 3.05) is 17.7 Å². The predicted molar refractivity (Wildman–Crippen MR) is 214 cm³/mol. The predicted octanol–water partition coefficient (Wildman–Crippen LogP) is 8.61. The molecule has 0 heterocycles. The van der Waals surface area contributed by atoms with Crippen LogP contribution in [0.25, 0.3) is 0 Å². The Morgan fingerprint density at radius 2 is 0.875 bits per heavy atom. The molecule has 12 heteroatoms. The molecule has 4 aromatic carbocycles. The number of hydrogen-bond acceptors (Lipinski definition) is 6. The van der Waals surface area contributed by atoms with Crippen molar-refractivity contribution < 1.29 is 44.1 Å². The number of carbonyl (C=O) groups is 6. The number of carboxylic acids is 3. The second kappa shape index (κ2) is 17.9. The van der Waals surface area contributed by atoms with Gasteiger partial charge in [0.2, 0.25) is 0 Å². The fourth-order valence-corrected chi connectivity index (χ4v) is 7.44. The van der Waals surface area contributed by atoms with Gasteiger partial charge in [-0.05, 0) is 108 Å². The van der Waals surface area contributed by atoms with Crippen molar-refractivity contribution in [3.05, 3.63) is 129 Å². The van der Waals surface area contributed by atoms with E-state index in [4.69, 9.17) is 0 Å². The molecule has 0 radical (unpaired) electrons. The number of nitrogens with one attached hydrogen (secondary N) is 3. The Hall–Kier alpha value is -6.30. The number of benzene rings is 4. The van der Waals surface area contributed by atoms with Crippen LogP contribution in [0.2, 0.25) is 0 Å². The maximum Gasteiger partial charge on any atom is 0.336 e. The molecule has 12 nitrogen and oxygen atoms in total. The molecule has 56 heavy (non-hydrogen) atoms. The second-order valence-corrected chi connectivity index (χ2v) is 14.1. The van der Waals surface area contributed by atoms with Crippen LogP contribution in [0.15, 0.2) is 78.9 Å². The summed E-state index contributed by atoms with van der Waals surface area (Å²) >= 11 is 0. The number of hydrogen-bond donors (Lipinski definition) is 6. The number of rotatable bonds is 17. The van der Waals surface area contributed by atoms with Gasteiger partial charge in [0, 0.05) is 23.8 Å². The first kappa shape index (κ1) is 42.4. The highest BCUT2D eigenvalue weighted by atomic mass is 16.4. The topological polar surface area (TPSA) is 199 Å². The summed E-state index contributed by atoms with van der Waals surface area (Å²) in [5.74, 6) is -5.68. The van der Waals surface area contributed by atoms with Gasteiger partial charge in [-0.2, -0.15) is 0 Å². The minimum atomic E-state index is -1.32. The van der Waals surface area contributed by atoms with Crippen molar-refractivity contribution in [3.8, 4) is 0 Å². The molecule has 6 N–H and O–H groups in total. The third-order valence-corrected chi connectivity index (χ3v) is 10.8. The first-order valence-electron chi connectivity index (χ1n) is 18.7. The Morgan fingerprint density at radius 3 is 1.21 bits per heavy atom. The summed E-state index contributed by atoms with van der Waals surface area (Å²) in [6.07, 6.45) is 4.29. The van der Waals surface area contributed by atoms with Gasteiger partial charge in [-0.15, -0.1) is 0 Å². The molecule has 294 valence electrons. The molecular weight excluding hydrogens is 714 g/mol. The molecule has 0 aliphatic heterocycles. The zero-order valence-electron chi connectivity index (χ0n) is 32.5. The molecule has 2 unspecified atom stereocenters. The number of anilines is 2. The highest BCUT2D eigenvalue weighted by molar-refractivity contribution is 6.12. The largest absolute Gasteiger partial charge is 0.478 e. The first-order chi connectivity index (χ1) is 26.6. The quantitative estimate of drug-likeness (QED) is 0.0609. The number of amides is 3. The Labute approximate surface area is 326 Å². The second-order valence-electron chi connectivity index (χ2n) is 14.1. The number of carbonyl (C=O) groups excluding carboxylic acids is 3. The van der Waals surface area contributed by atoms with Crippen molar-refractivity contribution in [2.24, 2.45) is 0 Å². The summed E-state index contributed by atoms with van der Waals surface area (Å²) < 4.78 is 0. The fraction of sp³-hybridized carbons (Fsp3) is 0.318. The molecule has 4 rings (SSSR count). The molecule has 0 saturated carbocycles. The summed E-state index contributed by atoms with van der Waals surface area (Å²) in [6.45, 7) is 10.1. The summed E-state index contributed by atoms with van der Waals surface area (Å²) in [5.41, 5.74) is 1.07. The molecule has 0 aliphatic carbocycles. The zero-order valence-corrected chi connectivity index (χ0v) is 32.5. The molecule has 3 amide bonds. The lowest BCUT2D eigenvalue weighted by Gasteiger charge is -2.35. The van der Waals surface area contributed by atoms with Crippen molar-refractivity contribution in [1.82, 2.24) is 5.32 Å². The average molecular weight is 764 g/mol. The van der Waals surface area contributed by atoms with Gasteiger partial charge < -0.3 is 31.3 Å². The maximum atomic E-state index is 13.8. The van der Waals surface area contributed by atoms with Crippen LogP contribution in [-0.4, -0.2) is 58.0 Å². The van der Waals surface area contributed by atoms with Crippen LogP contribution in [0.4, 0.5) is 11.4 Å². The van der Waals surface area contributed by atoms with Gasteiger partial charge in [-0.3, -0.25) is 14.4 Å². The van der Waals surface area contributed by atoms with Crippen LogP contribution in [0.3, 0.4) is 0 Å². The highest BCUT2D eigenvalue weighted by Crippen LogP contribution is 2.42. The van der Waals surface area contributed by atoms with Crippen LogP contribution < -0.4 is 16.0 Å². The SMILES string of the molecule is CCCC(C)(CC)c1ccc(C(=O)O)c(C(=O)Nc2ccc(NC(=O)c3cc(C(CC)(CCC)c4ccc(C(=O)O)c(C(=O)NC)c4)ccc3C(=O)O)cc2)c1. The lowest BCUT2D eigenvalue weighted by Crippen LogP contribution is -2.30. The number of aromatic carboxylic acids is 3. The van der Waals surface area contributed by atoms with E-state index in [0.29, 0.717) is 41.8 Å². The zero-order chi connectivity index (χ0) is 41.4. The Balaban J connectivity index is 1.67. The van der Waals surface area contributed by atoms with Crippen LogP contribution >= 0.6 is 0 Å². The standard InChI is InChI=1S/C44H49N3O9/c1-7-21-43(5,9-3)26-11-18-32(41(53)54)35(23-26)38(49)46-29-14-16-30(17-15-29)47-39(50)36-25-28(13-20-33(36)42(55)56)44(10-4,22-8-2)27-12-19-31(40(51)52)34(24-27)37(48)45-6/h11-20,23-25H,7-10,21-22H2,1-6H3,(H,45,48)(H,46,49)(H,47,50)(H,51,52)(H,53,54)(H,55,56). The van der Waals surface area contributed by atoms with Gasteiger partial charge >= 0.3 is 17.9 Å². The van der Waals surface area contributed by atoms with E-state index in [-0.39, 0.29) is 38.8 Å². The van der Waals surface area contributed by atoms with Crippen LogP contribution in [0, 0.1) is 0 Å². The monoisotopic (exact) mass is 763 g/mol. The maximum absolute atomic E-state index is 13.8. The third-order valence-electron chi connectivity index (χ3n) is 10.8. The van der Waals surface area contributed by atoms with E-state index < -0.39 is 41.0 Å². The van der Waals surface area contributed by atoms with E-state index in [1.807, 2.05) is 13.8 Å². The Morgan fingerprint density at radius 1 is 0.500 bits per heavy atom. The Bertz CT molecular complexity index is 2160. The summed E-state index contributed by atoms with van der Waals surface area (Å²) in [4.78, 5) is 76.4. The van der Waals surface area contributed by atoms with E-state index in [1.54, 1.807) is 30.3 Å². The molecule has 0 saturated heterocycles. The molecule has 0 bridgehead atoms. The van der Waals surface area contributed by atoms with Crippen molar-refractivity contribution >= 4 is 47.0 Å². The lowest BCUT2D eigenvalue weighted by molar-refractivity contribution is 0.0683. The highest BCUT2D eigenvalue weighted by Gasteiger charge is 2.35. The van der Waals surface area contributed by atoms with Gasteiger partial charge in [0.25, 0.3) is 17.7 Å². The molecule has 0 aliphatic rings. The van der Waals surface area contributed by atoms with E-state index in [2.05, 4.69) is 36.7 Å². The first-order valence-corrected chi connectivity index (χ1v) is 18.7. The third kappa shape index (κ3) is 8.80. The van der Waals surface area contributed by atoms with Gasteiger partial charge in [0.1, 0.15) is 0 Å². The summed E-state index contributed by atoms with van der Waals surface area (Å²) in [5, 5.41) is 37.6.